The van der Waals surface area contributed by atoms with Crippen LogP contribution >= 0.6 is 15.9 Å². The number of nitrogens with zero attached hydrogens (tertiary/aromatic N) is 1. The van der Waals surface area contributed by atoms with E-state index in [1.807, 2.05) is 19.1 Å². The highest BCUT2D eigenvalue weighted by molar-refractivity contribution is 9.10. The minimum Gasteiger partial charge on any atom is -0.326 e. The van der Waals surface area contributed by atoms with Gasteiger partial charge >= 0.3 is 0 Å². The maximum absolute atomic E-state index is 11.6. The molecule has 1 unspecified atom stereocenters. The monoisotopic (exact) mass is 346 g/mol. The van der Waals surface area contributed by atoms with Crippen LogP contribution in [0.3, 0.4) is 0 Å². The topological polar surface area (TPSA) is 63.4 Å². The highest BCUT2D eigenvalue weighted by Gasteiger charge is 2.28. The molecule has 0 spiro atoms. The molecule has 1 fully saturated rings. The number of hydrogen-bond acceptors (Lipinski definition) is 4. The fourth-order valence-electron chi connectivity index (χ4n) is 2.33. The van der Waals surface area contributed by atoms with Crippen molar-refractivity contribution in [3.05, 3.63) is 33.8 Å². The zero-order valence-corrected chi connectivity index (χ0v) is 13.4. The van der Waals surface area contributed by atoms with Gasteiger partial charge in [0.05, 0.1) is 11.5 Å². The summed E-state index contributed by atoms with van der Waals surface area (Å²) < 4.78 is 24.2. The summed E-state index contributed by atoms with van der Waals surface area (Å²) in [5.74, 6) is 0.515. The smallest absolute Gasteiger partial charge is 0.153 e. The summed E-state index contributed by atoms with van der Waals surface area (Å²) >= 11 is 3.56. The van der Waals surface area contributed by atoms with Crippen molar-refractivity contribution in [2.75, 3.05) is 18.1 Å². The van der Waals surface area contributed by atoms with E-state index in [1.54, 1.807) is 0 Å². The SMILES string of the molecule is CC1CS(=O)(=O)CCN1Cc1ccc(CN)cc1Br. The van der Waals surface area contributed by atoms with Gasteiger partial charge in [-0.25, -0.2) is 8.42 Å². The van der Waals surface area contributed by atoms with Crippen LogP contribution in [0, 0.1) is 0 Å². The van der Waals surface area contributed by atoms with Crippen LogP contribution in [0.2, 0.25) is 0 Å². The van der Waals surface area contributed by atoms with Gasteiger partial charge in [0.15, 0.2) is 9.84 Å². The van der Waals surface area contributed by atoms with Gasteiger partial charge in [0, 0.05) is 30.1 Å². The Bertz CT molecular complexity index is 560. The first-order valence-corrected chi connectivity index (χ1v) is 8.94. The minimum atomic E-state index is -2.85. The molecule has 1 atom stereocenters. The predicted octanol–water partition coefficient (Wildman–Crippen LogP) is 1.53. The molecule has 0 radical (unpaired) electrons. The maximum Gasteiger partial charge on any atom is 0.153 e. The summed E-state index contributed by atoms with van der Waals surface area (Å²) in [6.07, 6.45) is 0. The summed E-state index contributed by atoms with van der Waals surface area (Å²) in [5.41, 5.74) is 7.86. The molecule has 0 aliphatic carbocycles. The number of benzene rings is 1. The fourth-order valence-corrected chi connectivity index (χ4v) is 4.51. The summed E-state index contributed by atoms with van der Waals surface area (Å²) in [6, 6.07) is 6.17. The van der Waals surface area contributed by atoms with Crippen LogP contribution in [0.15, 0.2) is 22.7 Å². The average Bonchev–Trinajstić information content (AvgIpc) is 2.34. The zero-order valence-electron chi connectivity index (χ0n) is 11.0. The highest BCUT2D eigenvalue weighted by Crippen LogP contribution is 2.22. The molecule has 106 valence electrons. The second-order valence-electron chi connectivity index (χ2n) is 5.06. The van der Waals surface area contributed by atoms with E-state index in [-0.39, 0.29) is 17.5 Å². The van der Waals surface area contributed by atoms with Crippen molar-refractivity contribution in [1.29, 1.82) is 0 Å². The van der Waals surface area contributed by atoms with Gasteiger partial charge in [-0.05, 0) is 24.1 Å². The predicted molar refractivity (Wildman–Crippen MR) is 80.6 cm³/mol. The Morgan fingerprint density at radius 1 is 1.47 bits per heavy atom. The third-order valence-electron chi connectivity index (χ3n) is 3.53. The van der Waals surface area contributed by atoms with E-state index >= 15 is 0 Å². The molecule has 1 aromatic carbocycles. The Labute approximate surface area is 123 Å². The third kappa shape index (κ3) is 3.78. The summed E-state index contributed by atoms with van der Waals surface area (Å²) in [7, 11) is -2.85. The number of nitrogens with two attached hydrogens (primary N) is 1. The second-order valence-corrected chi connectivity index (χ2v) is 8.15. The standard InChI is InChI=1S/C13H19BrN2O2S/c1-10-9-19(17,18)5-4-16(10)8-12-3-2-11(7-15)6-13(12)14/h2-3,6,10H,4-5,7-9,15H2,1H3. The van der Waals surface area contributed by atoms with Gasteiger partial charge in [-0.15, -0.1) is 0 Å². The Balaban J connectivity index is 2.09. The molecule has 2 rings (SSSR count). The first kappa shape index (κ1) is 15.0. The zero-order chi connectivity index (χ0) is 14.0. The lowest BCUT2D eigenvalue weighted by molar-refractivity contribution is 0.217. The molecule has 2 N–H and O–H groups in total. The van der Waals surface area contributed by atoms with Gasteiger partial charge in [-0.2, -0.15) is 0 Å². The van der Waals surface area contributed by atoms with E-state index in [9.17, 15) is 8.42 Å². The average molecular weight is 347 g/mol. The van der Waals surface area contributed by atoms with Gasteiger partial charge in [0.25, 0.3) is 0 Å². The quantitative estimate of drug-likeness (QED) is 0.901. The minimum absolute atomic E-state index is 0.0693. The molecule has 1 saturated heterocycles. The number of hydrogen-bond donors (Lipinski definition) is 1. The van der Waals surface area contributed by atoms with Crippen LogP contribution in [0.4, 0.5) is 0 Å². The van der Waals surface area contributed by atoms with Gasteiger partial charge in [0.1, 0.15) is 0 Å². The molecule has 0 amide bonds. The molecule has 0 bridgehead atoms. The van der Waals surface area contributed by atoms with E-state index in [4.69, 9.17) is 5.73 Å². The van der Waals surface area contributed by atoms with Gasteiger partial charge in [-0.3, -0.25) is 4.90 Å². The van der Waals surface area contributed by atoms with Crippen LogP contribution in [0.25, 0.3) is 0 Å². The molecule has 4 nitrogen and oxygen atoms in total. The van der Waals surface area contributed by atoms with Crippen LogP contribution in [-0.4, -0.2) is 37.4 Å². The lowest BCUT2D eigenvalue weighted by atomic mass is 10.1. The van der Waals surface area contributed by atoms with E-state index in [1.165, 1.54) is 5.56 Å². The molecular weight excluding hydrogens is 328 g/mol. The Hall–Kier alpha value is -0.430. The lowest BCUT2D eigenvalue weighted by Gasteiger charge is -2.33. The Morgan fingerprint density at radius 2 is 2.21 bits per heavy atom. The Morgan fingerprint density at radius 3 is 2.79 bits per heavy atom. The van der Waals surface area contributed by atoms with Crippen molar-refractivity contribution in [2.45, 2.75) is 26.1 Å². The summed E-state index contributed by atoms with van der Waals surface area (Å²) in [5, 5.41) is 0. The first-order valence-electron chi connectivity index (χ1n) is 6.33. The number of halogens is 1. The van der Waals surface area contributed by atoms with Crippen LogP contribution in [-0.2, 0) is 22.9 Å². The van der Waals surface area contributed by atoms with Gasteiger partial charge in [-0.1, -0.05) is 28.1 Å². The van der Waals surface area contributed by atoms with Crippen molar-refractivity contribution in [3.63, 3.8) is 0 Å². The van der Waals surface area contributed by atoms with E-state index in [0.29, 0.717) is 13.1 Å². The van der Waals surface area contributed by atoms with Crippen LogP contribution < -0.4 is 5.73 Å². The molecular formula is C13H19BrN2O2S. The lowest BCUT2D eigenvalue weighted by Crippen LogP contribution is -2.46. The summed E-state index contributed by atoms with van der Waals surface area (Å²) in [6.45, 7) is 3.87. The molecule has 1 aromatic rings. The van der Waals surface area contributed by atoms with E-state index in [2.05, 4.69) is 26.9 Å². The van der Waals surface area contributed by atoms with Crippen LogP contribution in [0.5, 0.6) is 0 Å². The van der Waals surface area contributed by atoms with Crippen molar-refractivity contribution in [2.24, 2.45) is 5.73 Å². The van der Waals surface area contributed by atoms with E-state index in [0.717, 1.165) is 16.6 Å². The fraction of sp³-hybridized carbons (Fsp3) is 0.538. The largest absolute Gasteiger partial charge is 0.326 e. The first-order chi connectivity index (χ1) is 8.91. The van der Waals surface area contributed by atoms with Crippen molar-refractivity contribution >= 4 is 25.8 Å². The number of rotatable bonds is 3. The van der Waals surface area contributed by atoms with Crippen molar-refractivity contribution < 1.29 is 8.42 Å². The second kappa shape index (κ2) is 5.91. The molecule has 1 heterocycles. The molecule has 0 saturated carbocycles. The van der Waals surface area contributed by atoms with Gasteiger partial charge in [0.2, 0.25) is 0 Å². The molecule has 1 aliphatic rings. The molecule has 6 heteroatoms. The Kier molecular flexibility index (Phi) is 4.66. The van der Waals surface area contributed by atoms with Crippen molar-refractivity contribution in [1.82, 2.24) is 4.90 Å². The third-order valence-corrected chi connectivity index (χ3v) is 6.07. The molecule has 0 aromatic heterocycles. The molecule has 1 aliphatic heterocycles. The van der Waals surface area contributed by atoms with Crippen LogP contribution in [0.1, 0.15) is 18.1 Å². The van der Waals surface area contributed by atoms with E-state index < -0.39 is 9.84 Å². The normalized spacial score (nSPS) is 23.4. The maximum atomic E-state index is 11.6. The molecule has 19 heavy (non-hydrogen) atoms. The summed E-state index contributed by atoms with van der Waals surface area (Å²) in [4.78, 5) is 2.21. The number of sulfone groups is 1. The van der Waals surface area contributed by atoms with Gasteiger partial charge < -0.3 is 5.73 Å². The highest BCUT2D eigenvalue weighted by atomic mass is 79.9. The van der Waals surface area contributed by atoms with Crippen molar-refractivity contribution in [3.8, 4) is 0 Å².